The quantitative estimate of drug-likeness (QED) is 0.362. The predicted molar refractivity (Wildman–Crippen MR) is 114 cm³/mol. The molecule has 2 aromatic carbocycles. The molecule has 24 heavy (non-hydrogen) atoms. The van der Waals surface area contributed by atoms with E-state index in [1.165, 1.54) is 23.2 Å². The van der Waals surface area contributed by atoms with Crippen molar-refractivity contribution in [2.45, 2.75) is 42.6 Å². The largest absolute Gasteiger partial charge is 0.407 e. The molecule has 3 rings (SSSR count). The highest BCUT2D eigenvalue weighted by atomic mass is 127. The molecule has 0 saturated heterocycles. The molecule has 0 atom stereocenters. The van der Waals surface area contributed by atoms with Gasteiger partial charge in [0.15, 0.2) is 0 Å². The molecule has 1 aliphatic carbocycles. The van der Waals surface area contributed by atoms with Crippen LogP contribution in [0.4, 0.5) is 0 Å². The predicted octanol–water partition coefficient (Wildman–Crippen LogP) is 4.78. The first-order valence-electron chi connectivity index (χ1n) is 8.82. The summed E-state index contributed by atoms with van der Waals surface area (Å²) in [6.07, 6.45) is 2.61. The summed E-state index contributed by atoms with van der Waals surface area (Å²) in [7, 11) is -2.32. The molecule has 3 heteroatoms. The van der Waals surface area contributed by atoms with Crippen molar-refractivity contribution in [2.75, 3.05) is 6.61 Å². The lowest BCUT2D eigenvalue weighted by Crippen LogP contribution is -2.67. The Balaban J connectivity index is 2.03. The van der Waals surface area contributed by atoms with E-state index in [1.807, 2.05) is 0 Å². The molecule has 1 fully saturated rings. The number of hydrogen-bond donors (Lipinski definition) is 0. The van der Waals surface area contributed by atoms with Gasteiger partial charge in [0.25, 0.3) is 8.32 Å². The van der Waals surface area contributed by atoms with E-state index in [0.717, 1.165) is 16.4 Å². The summed E-state index contributed by atoms with van der Waals surface area (Å²) >= 11 is 2.56. The summed E-state index contributed by atoms with van der Waals surface area (Å²) < 4.78 is 7.80. The molecule has 0 heterocycles. The number of rotatable bonds is 5. The molecule has 128 valence electrons. The molecule has 2 aromatic rings. The molecule has 0 radical (unpaired) electrons. The number of benzene rings is 2. The standard InChI is InChI=1S/C21H27IOSi/c1-21(2,3)24(19-10-6-4-7-11-19,20-12-8-5-9-13-20)23-16-17-14-18(22)15-17/h4-13,17-18H,14-16H2,1-3H3. The minimum atomic E-state index is -2.32. The van der Waals surface area contributed by atoms with E-state index in [-0.39, 0.29) is 5.04 Å². The van der Waals surface area contributed by atoms with E-state index in [0.29, 0.717) is 0 Å². The molecular weight excluding hydrogens is 423 g/mol. The maximum atomic E-state index is 6.95. The minimum absolute atomic E-state index is 0.0865. The second-order valence-electron chi connectivity index (χ2n) is 7.91. The Morgan fingerprint density at radius 2 is 1.38 bits per heavy atom. The number of alkyl halides is 1. The van der Waals surface area contributed by atoms with Crippen LogP contribution >= 0.6 is 22.6 Å². The van der Waals surface area contributed by atoms with Crippen LogP contribution in [0.2, 0.25) is 5.04 Å². The third-order valence-corrected chi connectivity index (χ3v) is 11.2. The van der Waals surface area contributed by atoms with E-state index in [2.05, 4.69) is 104 Å². The normalized spacial score (nSPS) is 21.3. The van der Waals surface area contributed by atoms with Gasteiger partial charge in [-0.05, 0) is 34.2 Å². The smallest absolute Gasteiger partial charge is 0.261 e. The molecule has 0 spiro atoms. The van der Waals surface area contributed by atoms with E-state index < -0.39 is 8.32 Å². The van der Waals surface area contributed by atoms with Gasteiger partial charge in [-0.1, -0.05) is 104 Å². The lowest BCUT2D eigenvalue weighted by molar-refractivity contribution is 0.181. The Morgan fingerprint density at radius 1 is 0.917 bits per heavy atom. The number of halogens is 1. The molecule has 1 nitrogen and oxygen atoms in total. The summed E-state index contributed by atoms with van der Waals surface area (Å²) in [5, 5.41) is 2.85. The van der Waals surface area contributed by atoms with E-state index in [1.54, 1.807) is 0 Å². The van der Waals surface area contributed by atoms with Crippen molar-refractivity contribution in [3.05, 3.63) is 60.7 Å². The van der Waals surface area contributed by atoms with Gasteiger partial charge in [-0.25, -0.2) is 0 Å². The maximum absolute atomic E-state index is 6.95. The lowest BCUT2D eigenvalue weighted by atomic mass is 9.86. The van der Waals surface area contributed by atoms with Crippen LogP contribution in [0.25, 0.3) is 0 Å². The second kappa shape index (κ2) is 7.30. The van der Waals surface area contributed by atoms with Crippen molar-refractivity contribution in [2.24, 2.45) is 5.92 Å². The fourth-order valence-corrected chi connectivity index (χ4v) is 9.87. The van der Waals surface area contributed by atoms with Crippen molar-refractivity contribution in [1.82, 2.24) is 0 Å². The third kappa shape index (κ3) is 3.49. The minimum Gasteiger partial charge on any atom is -0.407 e. The van der Waals surface area contributed by atoms with Gasteiger partial charge in [0.2, 0.25) is 0 Å². The topological polar surface area (TPSA) is 9.23 Å². The summed E-state index contributed by atoms with van der Waals surface area (Å²) in [4.78, 5) is 0. The van der Waals surface area contributed by atoms with Crippen LogP contribution in [-0.2, 0) is 4.43 Å². The summed E-state index contributed by atoms with van der Waals surface area (Å²) in [5.41, 5.74) is 0. The van der Waals surface area contributed by atoms with E-state index in [9.17, 15) is 0 Å². The number of hydrogen-bond acceptors (Lipinski definition) is 1. The van der Waals surface area contributed by atoms with Gasteiger partial charge < -0.3 is 4.43 Å². The van der Waals surface area contributed by atoms with Gasteiger partial charge in [-0.2, -0.15) is 0 Å². The zero-order chi connectivity index (χ0) is 17.2. The van der Waals surface area contributed by atoms with Gasteiger partial charge in [0.1, 0.15) is 0 Å². The van der Waals surface area contributed by atoms with Crippen molar-refractivity contribution in [3.63, 3.8) is 0 Å². The first-order chi connectivity index (χ1) is 11.4. The van der Waals surface area contributed by atoms with Crippen LogP contribution in [0.5, 0.6) is 0 Å². The molecule has 0 unspecified atom stereocenters. The Kier molecular flexibility index (Phi) is 5.52. The maximum Gasteiger partial charge on any atom is 0.261 e. The molecule has 0 amide bonds. The highest BCUT2D eigenvalue weighted by molar-refractivity contribution is 14.1. The average molecular weight is 450 g/mol. The fraction of sp³-hybridized carbons (Fsp3) is 0.429. The van der Waals surface area contributed by atoms with Crippen LogP contribution in [-0.4, -0.2) is 18.8 Å². The second-order valence-corrected chi connectivity index (χ2v) is 14.0. The summed E-state index contributed by atoms with van der Waals surface area (Å²) in [6, 6.07) is 21.9. The van der Waals surface area contributed by atoms with Gasteiger partial charge in [-0.15, -0.1) is 0 Å². The molecule has 1 aliphatic rings. The van der Waals surface area contributed by atoms with Crippen LogP contribution in [0, 0.1) is 5.92 Å². The zero-order valence-electron chi connectivity index (χ0n) is 14.8. The molecule has 0 aromatic heterocycles. The van der Waals surface area contributed by atoms with Crippen molar-refractivity contribution < 1.29 is 4.43 Å². The summed E-state index contributed by atoms with van der Waals surface area (Å²) in [6.45, 7) is 7.94. The third-order valence-electron chi connectivity index (χ3n) is 5.13. The molecule has 0 aliphatic heterocycles. The fourth-order valence-electron chi connectivity index (χ4n) is 3.79. The van der Waals surface area contributed by atoms with Crippen LogP contribution in [0.15, 0.2) is 60.7 Å². The molecular formula is C21H27IOSi. The van der Waals surface area contributed by atoms with E-state index >= 15 is 0 Å². The monoisotopic (exact) mass is 450 g/mol. The van der Waals surface area contributed by atoms with Crippen molar-refractivity contribution in [1.29, 1.82) is 0 Å². The lowest BCUT2D eigenvalue weighted by Gasteiger charge is -2.45. The molecule has 0 N–H and O–H groups in total. The zero-order valence-corrected chi connectivity index (χ0v) is 18.0. The molecule has 0 bridgehead atoms. The van der Waals surface area contributed by atoms with Crippen LogP contribution in [0.3, 0.4) is 0 Å². The van der Waals surface area contributed by atoms with Gasteiger partial charge in [0, 0.05) is 10.5 Å². The average Bonchev–Trinajstić information content (AvgIpc) is 2.54. The summed E-state index contributed by atoms with van der Waals surface area (Å²) in [5.74, 6) is 0.730. The van der Waals surface area contributed by atoms with Gasteiger partial charge in [-0.3, -0.25) is 0 Å². The Labute approximate surface area is 161 Å². The van der Waals surface area contributed by atoms with Crippen LogP contribution in [0.1, 0.15) is 33.6 Å². The van der Waals surface area contributed by atoms with Crippen LogP contribution < -0.4 is 10.4 Å². The Hall–Kier alpha value is -0.653. The molecule has 1 saturated carbocycles. The van der Waals surface area contributed by atoms with Crippen molar-refractivity contribution >= 4 is 41.3 Å². The van der Waals surface area contributed by atoms with Gasteiger partial charge >= 0.3 is 0 Å². The van der Waals surface area contributed by atoms with E-state index in [4.69, 9.17) is 4.43 Å². The van der Waals surface area contributed by atoms with Gasteiger partial charge in [0.05, 0.1) is 0 Å². The Morgan fingerprint density at radius 3 is 1.75 bits per heavy atom. The van der Waals surface area contributed by atoms with Crippen molar-refractivity contribution in [3.8, 4) is 0 Å². The Bertz CT molecular complexity index is 605. The highest BCUT2D eigenvalue weighted by Crippen LogP contribution is 2.39. The SMILES string of the molecule is CC(C)(C)[Si](OCC1CC(I)C1)(c1ccccc1)c1ccccc1. The highest BCUT2D eigenvalue weighted by Gasteiger charge is 2.50. The first kappa shape index (κ1) is 18.1. The first-order valence-corrected chi connectivity index (χ1v) is 12.0.